The Bertz CT molecular complexity index is 968. The van der Waals surface area contributed by atoms with Gasteiger partial charge in [0.2, 0.25) is 0 Å². The third-order valence-corrected chi connectivity index (χ3v) is 6.53. The standard InChI is InChI=1S/C23H26ClFN4OS/c1-31-12-4-9-26-23(30)22-20(25)13-17(14-27-22)29-11-10-28(16-7-8-16)15-21(29)18-5-2-3-6-19(18)24/h2-6,12-14,16,21H,7-11,15H2,1H3,(H,26,30)/b12-4+. The van der Waals surface area contributed by atoms with Crippen LogP contribution in [0.2, 0.25) is 5.02 Å². The topological polar surface area (TPSA) is 48.5 Å². The molecule has 164 valence electrons. The molecule has 1 aliphatic carbocycles. The molecule has 2 fully saturated rings. The molecule has 4 rings (SSSR count). The monoisotopic (exact) mass is 460 g/mol. The normalized spacial score (nSPS) is 19.7. The van der Waals surface area contributed by atoms with E-state index in [0.717, 1.165) is 25.2 Å². The Hall–Kier alpha value is -2.09. The molecular weight excluding hydrogens is 435 g/mol. The van der Waals surface area contributed by atoms with Gasteiger partial charge in [0.15, 0.2) is 11.5 Å². The van der Waals surface area contributed by atoms with Crippen molar-refractivity contribution in [3.05, 3.63) is 70.1 Å². The zero-order valence-electron chi connectivity index (χ0n) is 17.4. The number of pyridine rings is 1. The minimum atomic E-state index is -0.619. The molecule has 1 unspecified atom stereocenters. The van der Waals surface area contributed by atoms with Crippen LogP contribution in [-0.4, -0.2) is 54.3 Å². The molecule has 2 aromatic rings. The third-order valence-electron chi connectivity index (χ3n) is 5.73. The van der Waals surface area contributed by atoms with Crippen molar-refractivity contribution in [2.45, 2.75) is 24.9 Å². The first kappa shape index (κ1) is 22.1. The van der Waals surface area contributed by atoms with Crippen molar-refractivity contribution in [1.29, 1.82) is 0 Å². The van der Waals surface area contributed by atoms with Gasteiger partial charge in [0.25, 0.3) is 5.91 Å². The fraction of sp³-hybridized carbons (Fsp3) is 0.391. The second-order valence-electron chi connectivity index (χ2n) is 7.80. The number of halogens is 2. The second kappa shape index (κ2) is 10.0. The predicted octanol–water partition coefficient (Wildman–Crippen LogP) is 4.51. The molecule has 1 aliphatic heterocycles. The van der Waals surface area contributed by atoms with Crippen molar-refractivity contribution < 1.29 is 9.18 Å². The van der Waals surface area contributed by atoms with E-state index in [1.54, 1.807) is 6.20 Å². The number of rotatable bonds is 7. The number of nitrogens with one attached hydrogen (secondary N) is 1. The van der Waals surface area contributed by atoms with Gasteiger partial charge in [-0.1, -0.05) is 35.9 Å². The van der Waals surface area contributed by atoms with Crippen LogP contribution in [0.15, 0.2) is 48.0 Å². The van der Waals surface area contributed by atoms with Gasteiger partial charge in [-0.2, -0.15) is 0 Å². The summed E-state index contributed by atoms with van der Waals surface area (Å²) < 4.78 is 14.8. The van der Waals surface area contributed by atoms with Crippen molar-refractivity contribution in [3.8, 4) is 0 Å². The number of hydrogen-bond donors (Lipinski definition) is 1. The van der Waals surface area contributed by atoms with Crippen LogP contribution in [0.3, 0.4) is 0 Å². The van der Waals surface area contributed by atoms with Gasteiger partial charge in [-0.3, -0.25) is 9.69 Å². The summed E-state index contributed by atoms with van der Waals surface area (Å²) in [4.78, 5) is 21.1. The number of aromatic nitrogens is 1. The van der Waals surface area contributed by atoms with Gasteiger partial charge >= 0.3 is 0 Å². The van der Waals surface area contributed by atoms with Crippen LogP contribution in [0.4, 0.5) is 10.1 Å². The molecule has 1 aromatic carbocycles. The smallest absolute Gasteiger partial charge is 0.273 e. The van der Waals surface area contributed by atoms with Crippen LogP contribution in [0.5, 0.6) is 0 Å². The molecule has 0 radical (unpaired) electrons. The fourth-order valence-electron chi connectivity index (χ4n) is 4.03. The van der Waals surface area contributed by atoms with E-state index in [1.165, 1.54) is 30.7 Å². The van der Waals surface area contributed by atoms with E-state index in [-0.39, 0.29) is 11.7 Å². The Morgan fingerprint density at radius 1 is 1.35 bits per heavy atom. The van der Waals surface area contributed by atoms with Gasteiger partial charge in [0.1, 0.15) is 0 Å². The highest BCUT2D eigenvalue weighted by Crippen LogP contribution is 2.38. The van der Waals surface area contributed by atoms with E-state index in [9.17, 15) is 9.18 Å². The Morgan fingerprint density at radius 3 is 2.87 bits per heavy atom. The number of carbonyl (C=O) groups is 1. The SMILES string of the molecule is CS/C=C/CNC(=O)c1ncc(N2CCN(C3CC3)CC2c2ccccc2Cl)cc1F. The Morgan fingerprint density at radius 2 is 2.16 bits per heavy atom. The van der Waals surface area contributed by atoms with Crippen LogP contribution in [0.1, 0.15) is 34.9 Å². The lowest BCUT2D eigenvalue weighted by atomic mass is 10.0. The zero-order valence-corrected chi connectivity index (χ0v) is 19.0. The van der Waals surface area contributed by atoms with Gasteiger partial charge in [0, 0.05) is 43.3 Å². The Kier molecular flexibility index (Phi) is 7.15. The quantitative estimate of drug-likeness (QED) is 0.659. The fourth-order valence-corrected chi connectivity index (χ4v) is 4.58. The van der Waals surface area contributed by atoms with Crippen molar-refractivity contribution in [1.82, 2.24) is 15.2 Å². The lowest BCUT2D eigenvalue weighted by Crippen LogP contribution is -2.49. The van der Waals surface area contributed by atoms with Gasteiger partial charge in [0.05, 0.1) is 17.9 Å². The maximum Gasteiger partial charge on any atom is 0.273 e. The summed E-state index contributed by atoms with van der Waals surface area (Å²) in [5.74, 6) is -1.14. The summed E-state index contributed by atoms with van der Waals surface area (Å²) in [7, 11) is 0. The minimum absolute atomic E-state index is 0.000563. The number of anilines is 1. The number of piperazine rings is 1. The third kappa shape index (κ3) is 5.22. The maximum atomic E-state index is 14.8. The lowest BCUT2D eigenvalue weighted by Gasteiger charge is -2.43. The molecule has 5 nitrogen and oxygen atoms in total. The maximum absolute atomic E-state index is 14.8. The average molecular weight is 461 g/mol. The van der Waals surface area contributed by atoms with Gasteiger partial charge in [-0.05, 0) is 36.1 Å². The van der Waals surface area contributed by atoms with Crippen molar-refractivity contribution >= 4 is 35.0 Å². The molecule has 1 aromatic heterocycles. The van der Waals surface area contributed by atoms with Crippen LogP contribution in [0.25, 0.3) is 0 Å². The number of amides is 1. The van der Waals surface area contributed by atoms with Crippen LogP contribution in [0, 0.1) is 5.82 Å². The number of thioether (sulfide) groups is 1. The molecule has 1 saturated heterocycles. The molecular formula is C23H26ClFN4OS. The minimum Gasteiger partial charge on any atom is -0.361 e. The average Bonchev–Trinajstić information content (AvgIpc) is 3.62. The van der Waals surface area contributed by atoms with E-state index >= 15 is 0 Å². The van der Waals surface area contributed by atoms with E-state index in [0.29, 0.717) is 23.3 Å². The largest absolute Gasteiger partial charge is 0.361 e. The van der Waals surface area contributed by atoms with Crippen LogP contribution < -0.4 is 10.2 Å². The highest BCUT2D eigenvalue weighted by atomic mass is 35.5. The molecule has 1 saturated carbocycles. The van der Waals surface area contributed by atoms with Gasteiger partial charge in [-0.25, -0.2) is 9.37 Å². The van der Waals surface area contributed by atoms with Crippen molar-refractivity contribution in [2.75, 3.05) is 37.3 Å². The molecule has 31 heavy (non-hydrogen) atoms. The van der Waals surface area contributed by atoms with Gasteiger partial charge in [-0.15, -0.1) is 11.8 Å². The molecule has 1 atom stereocenters. The molecule has 8 heteroatoms. The Labute approximate surface area is 191 Å². The van der Waals surface area contributed by atoms with E-state index < -0.39 is 11.7 Å². The highest BCUT2D eigenvalue weighted by molar-refractivity contribution is 8.01. The van der Waals surface area contributed by atoms with Crippen molar-refractivity contribution in [3.63, 3.8) is 0 Å². The predicted molar refractivity (Wildman–Crippen MR) is 125 cm³/mol. The second-order valence-corrected chi connectivity index (χ2v) is 8.95. The molecule has 1 N–H and O–H groups in total. The first-order valence-corrected chi connectivity index (χ1v) is 12.1. The molecule has 1 amide bonds. The summed E-state index contributed by atoms with van der Waals surface area (Å²) in [6, 6.07) is 9.88. The van der Waals surface area contributed by atoms with Gasteiger partial charge < -0.3 is 10.2 Å². The van der Waals surface area contributed by atoms with E-state index in [1.807, 2.05) is 42.0 Å². The zero-order chi connectivity index (χ0) is 21.8. The molecule has 2 heterocycles. The first-order valence-electron chi connectivity index (χ1n) is 10.4. The van der Waals surface area contributed by atoms with Crippen LogP contribution >= 0.6 is 23.4 Å². The first-order chi connectivity index (χ1) is 15.1. The van der Waals surface area contributed by atoms with E-state index in [2.05, 4.69) is 20.1 Å². The van der Waals surface area contributed by atoms with E-state index in [4.69, 9.17) is 11.6 Å². The lowest BCUT2D eigenvalue weighted by molar-refractivity contribution is 0.0948. The number of nitrogens with zero attached hydrogens (tertiary/aromatic N) is 3. The summed E-state index contributed by atoms with van der Waals surface area (Å²) in [6.07, 6.45) is 7.80. The van der Waals surface area contributed by atoms with Crippen molar-refractivity contribution in [2.24, 2.45) is 0 Å². The number of benzene rings is 1. The molecule has 0 bridgehead atoms. The number of carbonyl (C=O) groups excluding carboxylic acids is 1. The highest BCUT2D eigenvalue weighted by Gasteiger charge is 2.37. The summed E-state index contributed by atoms with van der Waals surface area (Å²) in [5, 5.41) is 5.23. The Balaban J connectivity index is 1.56. The van der Waals surface area contributed by atoms with Crippen LogP contribution in [-0.2, 0) is 0 Å². The summed E-state index contributed by atoms with van der Waals surface area (Å²) >= 11 is 8.06. The number of hydrogen-bond acceptors (Lipinski definition) is 5. The summed E-state index contributed by atoms with van der Waals surface area (Å²) in [6.45, 7) is 2.83. The molecule has 0 spiro atoms. The molecule has 2 aliphatic rings. The summed E-state index contributed by atoms with van der Waals surface area (Å²) in [5.41, 5.74) is 1.50.